The molecule has 1 rings (SSSR count). The Kier molecular flexibility index (Phi) is 4.07. The number of hydrazone groups is 1. The van der Waals surface area contributed by atoms with E-state index < -0.39 is 11.8 Å². The minimum absolute atomic E-state index is 0.144. The van der Waals surface area contributed by atoms with Gasteiger partial charge in [-0.05, 0) is 12.1 Å². The smallest absolute Gasteiger partial charge is 0.332 e. The van der Waals surface area contributed by atoms with Gasteiger partial charge in [-0.15, -0.1) is 0 Å². The van der Waals surface area contributed by atoms with E-state index in [-0.39, 0.29) is 10.6 Å². The van der Waals surface area contributed by atoms with Gasteiger partial charge in [-0.3, -0.25) is 0 Å². The summed E-state index contributed by atoms with van der Waals surface area (Å²) >= 11 is 5.70. The van der Waals surface area contributed by atoms with Gasteiger partial charge in [-0.1, -0.05) is 11.6 Å². The predicted octanol–water partition coefficient (Wildman–Crippen LogP) is 1.49. The van der Waals surface area contributed by atoms with Crippen LogP contribution in [0.25, 0.3) is 0 Å². The molecule has 0 aromatic heterocycles. The van der Waals surface area contributed by atoms with Crippen molar-refractivity contribution in [2.24, 2.45) is 10.8 Å². The number of nitrogens with two attached hydrogens (primary N) is 1. The van der Waals surface area contributed by atoms with E-state index in [2.05, 4.69) is 5.10 Å². The number of benzene rings is 1. The van der Waals surface area contributed by atoms with Crippen LogP contribution in [-0.4, -0.2) is 19.4 Å². The number of carbonyl (C=O) groups is 1. The highest BCUT2D eigenvalue weighted by molar-refractivity contribution is 6.33. The summed E-state index contributed by atoms with van der Waals surface area (Å²) < 4.78 is 18.1. The number of rotatable bonds is 3. The van der Waals surface area contributed by atoms with Crippen molar-refractivity contribution in [2.75, 3.05) is 7.11 Å². The van der Waals surface area contributed by atoms with Gasteiger partial charge in [0, 0.05) is 0 Å². The molecule has 2 amide bonds. The monoisotopic (exact) mass is 245 g/mol. The lowest BCUT2D eigenvalue weighted by Gasteiger charge is -2.06. The Morgan fingerprint density at radius 1 is 1.69 bits per heavy atom. The molecule has 0 saturated carbocycles. The number of halogens is 2. The Balaban J connectivity index is 3.05. The second kappa shape index (κ2) is 5.32. The molecule has 0 aliphatic heterocycles. The fraction of sp³-hybridized carbons (Fsp3) is 0.111. The van der Waals surface area contributed by atoms with E-state index in [9.17, 15) is 9.18 Å². The topological polar surface area (TPSA) is 76.7 Å². The summed E-state index contributed by atoms with van der Waals surface area (Å²) in [5, 5.41) is 3.33. The summed E-state index contributed by atoms with van der Waals surface area (Å²) in [4.78, 5) is 10.4. The molecule has 1 aromatic carbocycles. The molecule has 3 N–H and O–H groups in total. The molecule has 0 aliphatic rings. The van der Waals surface area contributed by atoms with Gasteiger partial charge < -0.3 is 10.5 Å². The highest BCUT2D eigenvalue weighted by atomic mass is 35.5. The van der Waals surface area contributed by atoms with E-state index in [4.69, 9.17) is 22.1 Å². The van der Waals surface area contributed by atoms with Crippen molar-refractivity contribution in [1.29, 1.82) is 0 Å². The zero-order chi connectivity index (χ0) is 12.1. The molecule has 0 heterocycles. The van der Waals surface area contributed by atoms with Gasteiger partial charge >= 0.3 is 6.03 Å². The van der Waals surface area contributed by atoms with Gasteiger partial charge in [0.15, 0.2) is 0 Å². The van der Waals surface area contributed by atoms with Crippen LogP contribution in [0.3, 0.4) is 0 Å². The summed E-state index contributed by atoms with van der Waals surface area (Å²) in [5.41, 5.74) is 6.98. The number of amides is 2. The van der Waals surface area contributed by atoms with E-state index >= 15 is 0 Å². The fourth-order valence-electron chi connectivity index (χ4n) is 1.01. The van der Waals surface area contributed by atoms with Gasteiger partial charge in [-0.25, -0.2) is 14.6 Å². The molecule has 0 saturated heterocycles. The standard InChI is InChI=1S/C9H9ClFN3O2/c1-16-7-3-2-6(11)8(10)5(7)4-13-14-9(12)15/h2-4H,1H3,(H3,12,14,15). The Morgan fingerprint density at radius 2 is 2.38 bits per heavy atom. The van der Waals surface area contributed by atoms with Crippen molar-refractivity contribution in [3.63, 3.8) is 0 Å². The zero-order valence-electron chi connectivity index (χ0n) is 8.33. The third-order valence-electron chi connectivity index (χ3n) is 1.68. The molecule has 0 atom stereocenters. The molecule has 1 aromatic rings. The number of methoxy groups -OCH3 is 1. The van der Waals surface area contributed by atoms with Crippen molar-refractivity contribution in [1.82, 2.24) is 5.43 Å². The Bertz CT molecular complexity index is 437. The van der Waals surface area contributed by atoms with Crippen molar-refractivity contribution in [3.8, 4) is 5.75 Å². The lowest BCUT2D eigenvalue weighted by Crippen LogP contribution is -2.24. The predicted molar refractivity (Wildman–Crippen MR) is 58.3 cm³/mol. The second-order valence-electron chi connectivity index (χ2n) is 2.71. The minimum Gasteiger partial charge on any atom is -0.496 e. The lowest BCUT2D eigenvalue weighted by atomic mass is 10.2. The highest BCUT2D eigenvalue weighted by Crippen LogP contribution is 2.27. The molecular weight excluding hydrogens is 237 g/mol. The van der Waals surface area contributed by atoms with Crippen LogP contribution in [0.2, 0.25) is 5.02 Å². The van der Waals surface area contributed by atoms with Gasteiger partial charge in [0.25, 0.3) is 0 Å². The van der Waals surface area contributed by atoms with E-state index in [1.54, 1.807) is 0 Å². The first-order chi connectivity index (χ1) is 7.56. The summed E-state index contributed by atoms with van der Waals surface area (Å²) in [6.07, 6.45) is 1.15. The number of urea groups is 1. The van der Waals surface area contributed by atoms with E-state index in [0.29, 0.717) is 5.75 Å². The van der Waals surface area contributed by atoms with Crippen LogP contribution in [0, 0.1) is 5.82 Å². The number of ether oxygens (including phenoxy) is 1. The molecule has 0 aliphatic carbocycles. The molecule has 0 spiro atoms. The molecule has 0 bridgehead atoms. The quantitative estimate of drug-likeness (QED) is 0.625. The normalized spacial score (nSPS) is 10.4. The van der Waals surface area contributed by atoms with Crippen LogP contribution in [0.4, 0.5) is 9.18 Å². The second-order valence-corrected chi connectivity index (χ2v) is 3.09. The number of nitrogens with one attached hydrogen (secondary N) is 1. The fourth-order valence-corrected chi connectivity index (χ4v) is 1.21. The largest absolute Gasteiger partial charge is 0.496 e. The van der Waals surface area contributed by atoms with Crippen molar-refractivity contribution >= 4 is 23.8 Å². The first kappa shape index (κ1) is 12.3. The Morgan fingerprint density at radius 3 is 2.94 bits per heavy atom. The maximum absolute atomic E-state index is 13.1. The van der Waals surface area contributed by atoms with Gasteiger partial charge in [0.1, 0.15) is 11.6 Å². The molecule has 5 nitrogen and oxygen atoms in total. The minimum atomic E-state index is -0.831. The third kappa shape index (κ3) is 2.83. The molecule has 16 heavy (non-hydrogen) atoms. The molecule has 86 valence electrons. The number of hydrogen-bond acceptors (Lipinski definition) is 3. The van der Waals surface area contributed by atoms with Crippen LogP contribution in [-0.2, 0) is 0 Å². The number of nitrogens with zero attached hydrogens (tertiary/aromatic N) is 1. The maximum atomic E-state index is 13.1. The average molecular weight is 246 g/mol. The Labute approximate surface area is 96.0 Å². The van der Waals surface area contributed by atoms with Gasteiger partial charge in [0.05, 0.1) is 23.9 Å². The van der Waals surface area contributed by atoms with Crippen molar-refractivity contribution in [3.05, 3.63) is 28.5 Å². The summed E-state index contributed by atoms with van der Waals surface area (Å²) in [6.45, 7) is 0. The first-order valence-electron chi connectivity index (χ1n) is 4.16. The van der Waals surface area contributed by atoms with Crippen LogP contribution < -0.4 is 15.9 Å². The van der Waals surface area contributed by atoms with Crippen LogP contribution in [0.15, 0.2) is 17.2 Å². The third-order valence-corrected chi connectivity index (χ3v) is 2.07. The highest BCUT2D eigenvalue weighted by Gasteiger charge is 2.10. The lowest BCUT2D eigenvalue weighted by molar-refractivity contribution is 0.249. The number of hydrogen-bond donors (Lipinski definition) is 2. The number of primary amides is 1. The molecule has 0 radical (unpaired) electrons. The SMILES string of the molecule is COc1ccc(F)c(Cl)c1C=NNC(N)=O. The van der Waals surface area contributed by atoms with E-state index in [1.807, 2.05) is 5.43 Å². The molecular formula is C9H9ClFN3O2. The van der Waals surface area contributed by atoms with Crippen LogP contribution >= 0.6 is 11.6 Å². The number of carbonyl (C=O) groups excluding carboxylic acids is 1. The zero-order valence-corrected chi connectivity index (χ0v) is 9.08. The van der Waals surface area contributed by atoms with Crippen molar-refractivity contribution in [2.45, 2.75) is 0 Å². The molecule has 0 unspecified atom stereocenters. The summed E-state index contributed by atoms with van der Waals surface area (Å²) in [6, 6.07) is 1.73. The van der Waals surface area contributed by atoms with Crippen LogP contribution in [0.5, 0.6) is 5.75 Å². The van der Waals surface area contributed by atoms with Crippen LogP contribution in [0.1, 0.15) is 5.56 Å². The summed E-state index contributed by atoms with van der Waals surface area (Å²) in [5.74, 6) is -0.274. The van der Waals surface area contributed by atoms with E-state index in [0.717, 1.165) is 6.21 Å². The van der Waals surface area contributed by atoms with Gasteiger partial charge in [0.2, 0.25) is 0 Å². The molecule has 0 fully saturated rings. The average Bonchev–Trinajstić information content (AvgIpc) is 2.24. The Hall–Kier alpha value is -1.82. The first-order valence-corrected chi connectivity index (χ1v) is 4.54. The maximum Gasteiger partial charge on any atom is 0.332 e. The van der Waals surface area contributed by atoms with Gasteiger partial charge in [-0.2, -0.15) is 5.10 Å². The van der Waals surface area contributed by atoms with E-state index in [1.165, 1.54) is 19.2 Å². The summed E-state index contributed by atoms with van der Waals surface area (Å²) in [7, 11) is 1.41. The molecule has 7 heteroatoms. The van der Waals surface area contributed by atoms with Crippen molar-refractivity contribution < 1.29 is 13.9 Å².